The SMILES string of the molecule is c1ccc(-c2cc(Sc3nnnn3-c3ccccc3)nc3ccccc23)cc1. The standard InChI is InChI=1S/C22H15N5S/c1-3-9-16(10-4-1)19-15-21(23-20-14-8-7-13-18(19)20)28-22-24-25-26-27(22)17-11-5-2-6-12-17/h1-15H. The topological polar surface area (TPSA) is 56.5 Å². The number of fused-ring (bicyclic) bond motifs is 1. The van der Waals surface area contributed by atoms with Gasteiger partial charge in [0.15, 0.2) is 0 Å². The van der Waals surface area contributed by atoms with Crippen molar-refractivity contribution in [3.05, 3.63) is 91.0 Å². The van der Waals surface area contributed by atoms with Crippen LogP contribution in [0.15, 0.2) is 101 Å². The molecule has 3 aromatic carbocycles. The van der Waals surface area contributed by atoms with E-state index in [0.717, 1.165) is 32.7 Å². The summed E-state index contributed by atoms with van der Waals surface area (Å²) in [5, 5.41) is 14.8. The number of tetrazole rings is 1. The summed E-state index contributed by atoms with van der Waals surface area (Å²) in [6, 6.07) is 30.5. The normalized spacial score (nSPS) is 11.0. The highest BCUT2D eigenvalue weighted by molar-refractivity contribution is 7.99. The predicted octanol–water partition coefficient (Wildman–Crippen LogP) is 5.03. The van der Waals surface area contributed by atoms with Crippen molar-refractivity contribution >= 4 is 22.7 Å². The first-order valence-electron chi connectivity index (χ1n) is 8.85. The lowest BCUT2D eigenvalue weighted by Crippen LogP contribution is -1.98. The Morgan fingerprint density at radius 1 is 0.750 bits per heavy atom. The maximum atomic E-state index is 4.83. The minimum Gasteiger partial charge on any atom is -0.241 e. The maximum Gasteiger partial charge on any atom is 0.220 e. The Morgan fingerprint density at radius 2 is 1.46 bits per heavy atom. The van der Waals surface area contributed by atoms with E-state index in [1.807, 2.05) is 66.7 Å². The van der Waals surface area contributed by atoms with Gasteiger partial charge < -0.3 is 0 Å². The lowest BCUT2D eigenvalue weighted by atomic mass is 10.0. The molecule has 0 amide bonds. The molecule has 0 unspecified atom stereocenters. The molecule has 5 aromatic rings. The van der Waals surface area contributed by atoms with Crippen LogP contribution in [0.1, 0.15) is 0 Å². The van der Waals surface area contributed by atoms with Crippen molar-refractivity contribution in [2.45, 2.75) is 10.2 Å². The summed E-state index contributed by atoms with van der Waals surface area (Å²) in [5.41, 5.74) is 4.17. The molecule has 28 heavy (non-hydrogen) atoms. The average molecular weight is 381 g/mol. The fourth-order valence-corrected chi connectivity index (χ4v) is 3.94. The average Bonchev–Trinajstić information content (AvgIpc) is 3.22. The monoisotopic (exact) mass is 381 g/mol. The highest BCUT2D eigenvalue weighted by Crippen LogP contribution is 2.34. The molecule has 134 valence electrons. The van der Waals surface area contributed by atoms with Gasteiger partial charge in [-0.1, -0.05) is 66.7 Å². The van der Waals surface area contributed by atoms with E-state index in [0.29, 0.717) is 5.16 Å². The van der Waals surface area contributed by atoms with Crippen LogP contribution in [-0.2, 0) is 0 Å². The molecule has 5 nitrogen and oxygen atoms in total. The number of nitrogens with zero attached hydrogens (tertiary/aromatic N) is 5. The second-order valence-corrected chi connectivity index (χ2v) is 7.19. The van der Waals surface area contributed by atoms with E-state index in [1.54, 1.807) is 4.68 Å². The zero-order valence-corrected chi connectivity index (χ0v) is 15.6. The number of pyridine rings is 1. The molecule has 0 saturated carbocycles. The van der Waals surface area contributed by atoms with Gasteiger partial charge in [-0.25, -0.2) is 4.98 Å². The molecule has 6 heteroatoms. The Balaban J connectivity index is 1.61. The Bertz CT molecular complexity index is 1240. The number of rotatable bonds is 4. The summed E-state index contributed by atoms with van der Waals surface area (Å²) in [5.74, 6) is 0. The Morgan fingerprint density at radius 3 is 2.29 bits per heavy atom. The van der Waals surface area contributed by atoms with E-state index >= 15 is 0 Å². The van der Waals surface area contributed by atoms with Crippen LogP contribution in [0.25, 0.3) is 27.7 Å². The van der Waals surface area contributed by atoms with Crippen LogP contribution in [0.4, 0.5) is 0 Å². The lowest BCUT2D eigenvalue weighted by Gasteiger charge is -2.10. The van der Waals surface area contributed by atoms with Crippen molar-refractivity contribution in [1.29, 1.82) is 0 Å². The minimum absolute atomic E-state index is 0.674. The van der Waals surface area contributed by atoms with Crippen LogP contribution >= 0.6 is 11.8 Å². The fourth-order valence-electron chi connectivity index (χ4n) is 3.13. The zero-order chi connectivity index (χ0) is 18.8. The van der Waals surface area contributed by atoms with Crippen LogP contribution in [-0.4, -0.2) is 25.2 Å². The van der Waals surface area contributed by atoms with Gasteiger partial charge in [-0.3, -0.25) is 0 Å². The number of para-hydroxylation sites is 2. The third kappa shape index (κ3) is 3.14. The highest BCUT2D eigenvalue weighted by Gasteiger charge is 2.13. The van der Waals surface area contributed by atoms with Gasteiger partial charge in [0.05, 0.1) is 11.2 Å². The molecule has 0 saturated heterocycles. The van der Waals surface area contributed by atoms with Gasteiger partial charge in [-0.15, -0.1) is 5.10 Å². The molecule has 0 aliphatic rings. The van der Waals surface area contributed by atoms with E-state index in [1.165, 1.54) is 11.8 Å². The zero-order valence-electron chi connectivity index (χ0n) is 14.8. The third-order valence-electron chi connectivity index (χ3n) is 4.41. The Labute approximate surface area is 166 Å². The Kier molecular flexibility index (Phi) is 4.31. The molecule has 0 aliphatic heterocycles. The highest BCUT2D eigenvalue weighted by atomic mass is 32.2. The molecule has 0 atom stereocenters. The molecule has 0 radical (unpaired) electrons. The number of benzene rings is 3. The van der Waals surface area contributed by atoms with E-state index in [9.17, 15) is 0 Å². The van der Waals surface area contributed by atoms with E-state index < -0.39 is 0 Å². The van der Waals surface area contributed by atoms with Gasteiger partial charge >= 0.3 is 0 Å². The van der Waals surface area contributed by atoms with Crippen LogP contribution in [0.2, 0.25) is 0 Å². The van der Waals surface area contributed by atoms with Gasteiger partial charge in [-0.05, 0) is 57.6 Å². The fraction of sp³-hybridized carbons (Fsp3) is 0. The number of hydrogen-bond donors (Lipinski definition) is 0. The second kappa shape index (κ2) is 7.25. The molecule has 2 aromatic heterocycles. The lowest BCUT2D eigenvalue weighted by molar-refractivity contribution is 0.756. The van der Waals surface area contributed by atoms with Gasteiger partial charge in [0.25, 0.3) is 0 Å². The second-order valence-electron chi connectivity index (χ2n) is 6.20. The Hall–Kier alpha value is -3.51. The largest absolute Gasteiger partial charge is 0.241 e. The van der Waals surface area contributed by atoms with E-state index in [2.05, 4.69) is 39.8 Å². The van der Waals surface area contributed by atoms with Gasteiger partial charge in [0.1, 0.15) is 5.03 Å². The smallest absolute Gasteiger partial charge is 0.220 e. The van der Waals surface area contributed by atoms with Crippen LogP contribution in [0.5, 0.6) is 0 Å². The summed E-state index contributed by atoms with van der Waals surface area (Å²) in [6.45, 7) is 0. The summed E-state index contributed by atoms with van der Waals surface area (Å²) in [6.07, 6.45) is 0. The van der Waals surface area contributed by atoms with Crippen LogP contribution in [0, 0.1) is 0 Å². The molecular formula is C22H15N5S. The number of aromatic nitrogens is 5. The predicted molar refractivity (Wildman–Crippen MR) is 110 cm³/mol. The van der Waals surface area contributed by atoms with Crippen molar-refractivity contribution in [2.24, 2.45) is 0 Å². The summed E-state index contributed by atoms with van der Waals surface area (Å²) in [4.78, 5) is 4.83. The summed E-state index contributed by atoms with van der Waals surface area (Å²) in [7, 11) is 0. The molecule has 5 rings (SSSR count). The van der Waals surface area contributed by atoms with Crippen LogP contribution < -0.4 is 0 Å². The number of hydrogen-bond acceptors (Lipinski definition) is 5. The molecule has 0 aliphatic carbocycles. The molecule has 2 heterocycles. The van der Waals surface area contributed by atoms with Crippen molar-refractivity contribution in [2.75, 3.05) is 0 Å². The third-order valence-corrected chi connectivity index (χ3v) is 5.27. The molecule has 0 N–H and O–H groups in total. The summed E-state index contributed by atoms with van der Waals surface area (Å²) < 4.78 is 1.73. The first kappa shape index (κ1) is 16.6. The molecular weight excluding hydrogens is 366 g/mol. The quantitative estimate of drug-likeness (QED) is 0.437. The van der Waals surface area contributed by atoms with Gasteiger partial charge in [-0.2, -0.15) is 4.68 Å². The summed E-state index contributed by atoms with van der Waals surface area (Å²) >= 11 is 1.46. The van der Waals surface area contributed by atoms with E-state index in [4.69, 9.17) is 4.98 Å². The minimum atomic E-state index is 0.674. The first-order valence-corrected chi connectivity index (χ1v) is 9.67. The maximum absolute atomic E-state index is 4.83. The molecule has 0 spiro atoms. The first-order chi connectivity index (χ1) is 13.9. The van der Waals surface area contributed by atoms with Crippen LogP contribution in [0.3, 0.4) is 0 Å². The van der Waals surface area contributed by atoms with Crippen molar-refractivity contribution < 1.29 is 0 Å². The van der Waals surface area contributed by atoms with Crippen molar-refractivity contribution in [1.82, 2.24) is 25.2 Å². The van der Waals surface area contributed by atoms with Gasteiger partial charge in [0.2, 0.25) is 5.16 Å². The van der Waals surface area contributed by atoms with E-state index in [-0.39, 0.29) is 0 Å². The van der Waals surface area contributed by atoms with Crippen molar-refractivity contribution in [3.8, 4) is 16.8 Å². The van der Waals surface area contributed by atoms with Crippen molar-refractivity contribution in [3.63, 3.8) is 0 Å². The van der Waals surface area contributed by atoms with Gasteiger partial charge in [0, 0.05) is 5.39 Å². The molecule has 0 bridgehead atoms. The molecule has 0 fully saturated rings.